The van der Waals surface area contributed by atoms with E-state index in [1.54, 1.807) is 17.8 Å². The quantitative estimate of drug-likeness (QED) is 0.920. The molecule has 0 bridgehead atoms. The normalized spacial score (nSPS) is 14.9. The number of para-hydroxylation sites is 1. The van der Waals surface area contributed by atoms with Gasteiger partial charge in [0.15, 0.2) is 0 Å². The number of hydrogen-bond donors (Lipinski definition) is 1. The second-order valence-corrected chi connectivity index (χ2v) is 7.43. The number of aliphatic imine (C=N–C) groups is 1. The number of carbonyl (C=O) groups excluding carboxylic acids is 1. The summed E-state index contributed by atoms with van der Waals surface area (Å²) in [6, 6.07) is 9.76. The molecule has 1 aromatic carbocycles. The summed E-state index contributed by atoms with van der Waals surface area (Å²) in [5.41, 5.74) is 2.95. The van der Waals surface area contributed by atoms with Gasteiger partial charge in [-0.3, -0.25) is 10.1 Å². The van der Waals surface area contributed by atoms with Gasteiger partial charge in [-0.05, 0) is 25.5 Å². The molecule has 0 spiro atoms. The summed E-state index contributed by atoms with van der Waals surface area (Å²) in [4.78, 5) is 16.8. The van der Waals surface area contributed by atoms with Gasteiger partial charge in [0.25, 0.3) is 0 Å². The Morgan fingerprint density at radius 1 is 1.45 bits per heavy atom. The van der Waals surface area contributed by atoms with Gasteiger partial charge < -0.3 is 4.52 Å². The summed E-state index contributed by atoms with van der Waals surface area (Å²) in [6.45, 7) is 3.66. The summed E-state index contributed by atoms with van der Waals surface area (Å²) in [5.74, 6) is 1.14. The highest BCUT2D eigenvalue weighted by Crippen LogP contribution is 2.35. The van der Waals surface area contributed by atoms with Gasteiger partial charge in [-0.2, -0.15) is 0 Å². The third kappa shape index (κ3) is 3.53. The van der Waals surface area contributed by atoms with Gasteiger partial charge in [0, 0.05) is 11.8 Å². The first-order valence-corrected chi connectivity index (χ1v) is 8.68. The number of thioether (sulfide) groups is 2. The van der Waals surface area contributed by atoms with Crippen LogP contribution in [0.2, 0.25) is 0 Å². The Morgan fingerprint density at radius 2 is 2.27 bits per heavy atom. The van der Waals surface area contributed by atoms with E-state index in [9.17, 15) is 4.79 Å². The molecule has 0 fully saturated rings. The van der Waals surface area contributed by atoms with Crippen molar-refractivity contribution < 1.29 is 9.32 Å². The smallest absolute Gasteiger partial charge is 0.240 e. The van der Waals surface area contributed by atoms with Crippen LogP contribution in [0.5, 0.6) is 0 Å². The van der Waals surface area contributed by atoms with Crippen LogP contribution in [0, 0.1) is 6.92 Å². The van der Waals surface area contributed by atoms with Gasteiger partial charge >= 0.3 is 0 Å². The fourth-order valence-corrected chi connectivity index (χ4v) is 4.11. The Bertz CT molecular complexity index is 727. The lowest BCUT2D eigenvalue weighted by Gasteiger charge is -2.16. The maximum absolute atomic E-state index is 12.2. The minimum absolute atomic E-state index is 0.122. The first-order chi connectivity index (χ1) is 10.6. The van der Waals surface area contributed by atoms with Crippen molar-refractivity contribution in [3.63, 3.8) is 0 Å². The summed E-state index contributed by atoms with van der Waals surface area (Å²) < 4.78 is 5.91. The molecule has 1 aliphatic rings. The minimum atomic E-state index is -0.262. The summed E-state index contributed by atoms with van der Waals surface area (Å²) >= 11 is 3.12. The molecule has 0 saturated heterocycles. The monoisotopic (exact) mass is 333 g/mol. The third-order valence-corrected chi connectivity index (χ3v) is 5.37. The highest BCUT2D eigenvalue weighted by Gasteiger charge is 2.21. The Morgan fingerprint density at radius 3 is 3.05 bits per heavy atom. The number of rotatable bonds is 3. The van der Waals surface area contributed by atoms with Crippen LogP contribution >= 0.6 is 23.5 Å². The van der Waals surface area contributed by atoms with Crippen LogP contribution in [0.3, 0.4) is 0 Å². The average Bonchev–Trinajstić information content (AvgIpc) is 2.92. The zero-order valence-electron chi connectivity index (χ0n) is 12.2. The first kappa shape index (κ1) is 15.2. The molecule has 3 rings (SSSR count). The number of anilines is 1. The number of fused-ring (bicyclic) bond motifs is 1. The Kier molecular flexibility index (Phi) is 4.54. The first-order valence-electron chi connectivity index (χ1n) is 6.82. The van der Waals surface area contributed by atoms with Crippen molar-refractivity contribution >= 4 is 45.4 Å². The fraction of sp³-hybridized carbons (Fsp3) is 0.267. The van der Waals surface area contributed by atoms with Crippen LogP contribution in [0.15, 0.2) is 39.8 Å². The highest BCUT2D eigenvalue weighted by molar-refractivity contribution is 8.39. The lowest BCUT2D eigenvalue weighted by Crippen LogP contribution is -2.23. The van der Waals surface area contributed by atoms with Crippen molar-refractivity contribution in [1.82, 2.24) is 5.16 Å². The standard InChI is InChI=1S/C15H15N3O2S2/c1-9-7-13(20-18-9)17-14(19)10(2)22-15-16-12-6-4-3-5-11(12)8-21-15/h3-7,10H,8H2,1-2H3,(H,17,19). The average molecular weight is 333 g/mol. The molecule has 114 valence electrons. The largest absolute Gasteiger partial charge is 0.338 e. The highest BCUT2D eigenvalue weighted by atomic mass is 32.2. The zero-order chi connectivity index (χ0) is 15.5. The van der Waals surface area contributed by atoms with E-state index >= 15 is 0 Å². The number of nitrogens with zero attached hydrogens (tertiary/aromatic N) is 2. The van der Waals surface area contributed by atoms with E-state index in [0.29, 0.717) is 5.88 Å². The molecule has 2 heterocycles. The van der Waals surface area contributed by atoms with Crippen LogP contribution in [0.25, 0.3) is 0 Å². The number of benzene rings is 1. The number of nitrogens with one attached hydrogen (secondary N) is 1. The topological polar surface area (TPSA) is 67.5 Å². The van der Waals surface area contributed by atoms with Crippen LogP contribution < -0.4 is 5.32 Å². The van der Waals surface area contributed by atoms with Crippen molar-refractivity contribution in [2.45, 2.75) is 24.9 Å². The van der Waals surface area contributed by atoms with Crippen molar-refractivity contribution in [1.29, 1.82) is 0 Å². The van der Waals surface area contributed by atoms with Gasteiger partial charge in [-0.15, -0.1) is 0 Å². The maximum Gasteiger partial charge on any atom is 0.240 e. The fourth-order valence-electron chi connectivity index (χ4n) is 1.92. The Hall–Kier alpha value is -1.73. The lowest BCUT2D eigenvalue weighted by atomic mass is 10.2. The molecule has 1 aromatic heterocycles. The lowest BCUT2D eigenvalue weighted by molar-refractivity contribution is -0.115. The molecule has 1 amide bonds. The van der Waals surface area contributed by atoms with Crippen molar-refractivity contribution in [2.75, 3.05) is 5.32 Å². The second kappa shape index (κ2) is 6.58. The molecule has 1 N–H and O–H groups in total. The maximum atomic E-state index is 12.2. The number of hydrogen-bond acceptors (Lipinski definition) is 6. The zero-order valence-corrected chi connectivity index (χ0v) is 13.8. The molecule has 7 heteroatoms. The van der Waals surface area contributed by atoms with Crippen LogP contribution in [0.4, 0.5) is 11.6 Å². The summed E-state index contributed by atoms with van der Waals surface area (Å²) in [5, 5.41) is 6.20. The molecule has 2 aromatic rings. The van der Waals surface area contributed by atoms with E-state index in [1.807, 2.05) is 32.0 Å². The van der Waals surface area contributed by atoms with E-state index in [-0.39, 0.29) is 11.2 Å². The molecule has 0 aliphatic carbocycles. The van der Waals surface area contributed by atoms with Gasteiger partial charge in [0.2, 0.25) is 11.8 Å². The van der Waals surface area contributed by atoms with E-state index < -0.39 is 0 Å². The van der Waals surface area contributed by atoms with E-state index in [0.717, 1.165) is 21.5 Å². The molecule has 0 saturated carbocycles. The molecule has 0 radical (unpaired) electrons. The summed E-state index contributed by atoms with van der Waals surface area (Å²) in [6.07, 6.45) is 0. The molecule has 1 atom stereocenters. The van der Waals surface area contributed by atoms with Gasteiger partial charge in [-0.1, -0.05) is 46.9 Å². The van der Waals surface area contributed by atoms with Crippen molar-refractivity contribution in [3.05, 3.63) is 41.6 Å². The van der Waals surface area contributed by atoms with Crippen LogP contribution in [-0.4, -0.2) is 20.7 Å². The predicted molar refractivity (Wildman–Crippen MR) is 91.8 cm³/mol. The Balaban J connectivity index is 1.63. The predicted octanol–water partition coefficient (Wildman–Crippen LogP) is 3.98. The molecular weight excluding hydrogens is 318 g/mol. The van der Waals surface area contributed by atoms with E-state index in [4.69, 9.17) is 4.52 Å². The van der Waals surface area contributed by atoms with Crippen LogP contribution in [-0.2, 0) is 10.5 Å². The molecule has 22 heavy (non-hydrogen) atoms. The molecule has 1 unspecified atom stereocenters. The number of carbonyl (C=O) groups is 1. The summed E-state index contributed by atoms with van der Waals surface area (Å²) in [7, 11) is 0. The van der Waals surface area contributed by atoms with Gasteiger partial charge in [-0.25, -0.2) is 4.99 Å². The number of aromatic nitrogens is 1. The van der Waals surface area contributed by atoms with E-state index in [1.165, 1.54) is 17.3 Å². The molecule has 1 aliphatic heterocycles. The molecular formula is C15H15N3O2S2. The minimum Gasteiger partial charge on any atom is -0.338 e. The number of aryl methyl sites for hydroxylation is 1. The van der Waals surface area contributed by atoms with Gasteiger partial charge in [0.1, 0.15) is 4.38 Å². The second-order valence-electron chi connectivity index (χ2n) is 4.88. The van der Waals surface area contributed by atoms with Gasteiger partial charge in [0.05, 0.1) is 16.6 Å². The third-order valence-electron chi connectivity index (χ3n) is 3.08. The Labute approximate surface area is 136 Å². The van der Waals surface area contributed by atoms with Crippen molar-refractivity contribution in [3.8, 4) is 0 Å². The van der Waals surface area contributed by atoms with Crippen molar-refractivity contribution in [2.24, 2.45) is 4.99 Å². The number of amides is 1. The van der Waals surface area contributed by atoms with E-state index in [2.05, 4.69) is 21.5 Å². The molecule has 5 nitrogen and oxygen atoms in total. The van der Waals surface area contributed by atoms with Crippen LogP contribution in [0.1, 0.15) is 18.2 Å². The SMILES string of the molecule is Cc1cc(NC(=O)C(C)SC2=Nc3ccccc3CS2)on1.